The quantitative estimate of drug-likeness (QED) is 0.338. The molecule has 33 heavy (non-hydrogen) atoms. The summed E-state index contributed by atoms with van der Waals surface area (Å²) in [6.07, 6.45) is 3.97. The predicted octanol–water partition coefficient (Wildman–Crippen LogP) is 4.68. The van der Waals surface area contributed by atoms with Crippen LogP contribution in [0.4, 0.5) is 5.69 Å². The summed E-state index contributed by atoms with van der Waals surface area (Å²) in [6, 6.07) is 6.65. The number of benzene rings is 1. The lowest BCUT2D eigenvalue weighted by Crippen LogP contribution is -2.38. The molecule has 1 aliphatic heterocycles. The summed E-state index contributed by atoms with van der Waals surface area (Å²) in [5.74, 6) is -1.00. The number of aromatic nitrogens is 1. The van der Waals surface area contributed by atoms with Crippen molar-refractivity contribution in [2.75, 3.05) is 11.4 Å². The third-order valence-electron chi connectivity index (χ3n) is 4.67. The van der Waals surface area contributed by atoms with E-state index in [1.54, 1.807) is 36.4 Å². The average molecular weight is 547 g/mol. The number of allylic oxidation sites excluding steroid dienone is 2. The Morgan fingerprint density at radius 2 is 2.06 bits per heavy atom. The molecule has 13 heteroatoms. The number of carboxylic acid groups (broad SMARTS) is 1. The van der Waals surface area contributed by atoms with Gasteiger partial charge < -0.3 is 14.4 Å². The van der Waals surface area contributed by atoms with Crippen molar-refractivity contribution in [3.8, 4) is 5.75 Å². The molecule has 3 heterocycles. The lowest BCUT2D eigenvalue weighted by Gasteiger charge is -2.16. The molecule has 0 saturated carbocycles. The van der Waals surface area contributed by atoms with Crippen LogP contribution in [0.25, 0.3) is 15.6 Å². The molecular formula is C20H16Cl2N2O6S3. The van der Waals surface area contributed by atoms with Gasteiger partial charge in [-0.05, 0) is 36.3 Å². The predicted molar refractivity (Wildman–Crippen MR) is 128 cm³/mol. The van der Waals surface area contributed by atoms with Crippen molar-refractivity contribution < 1.29 is 32.2 Å². The molecule has 0 bridgehead atoms. The van der Waals surface area contributed by atoms with Crippen LogP contribution in [-0.2, 0) is 20.8 Å². The second-order valence-electron chi connectivity index (χ2n) is 7.02. The number of hydrogen-bond donors (Lipinski definition) is 1. The van der Waals surface area contributed by atoms with E-state index in [1.165, 1.54) is 32.1 Å². The first kappa shape index (κ1) is 24.0. The highest BCUT2D eigenvalue weighted by Gasteiger charge is 2.29. The minimum absolute atomic E-state index is 0.298. The highest BCUT2D eigenvalue weighted by Crippen LogP contribution is 2.41. The van der Waals surface area contributed by atoms with E-state index in [-0.39, 0.29) is 6.54 Å². The van der Waals surface area contributed by atoms with E-state index < -0.39 is 22.0 Å². The van der Waals surface area contributed by atoms with Crippen LogP contribution in [0.15, 0.2) is 41.8 Å². The second-order valence-corrected chi connectivity index (χ2v) is 11.6. The Labute approximate surface area is 207 Å². The molecule has 2 aromatic heterocycles. The number of halogens is 2. The minimum atomic E-state index is -4.55. The number of nitrogens with zero attached hydrogens (tertiary/aromatic N) is 2. The van der Waals surface area contributed by atoms with Gasteiger partial charge in [0.25, 0.3) is 9.84 Å². The zero-order valence-corrected chi connectivity index (χ0v) is 20.9. The number of aliphatic carboxylic acids is 1. The van der Waals surface area contributed by atoms with E-state index in [9.17, 15) is 22.9 Å². The first-order chi connectivity index (χ1) is 15.5. The summed E-state index contributed by atoms with van der Waals surface area (Å²) < 4.78 is 43.1. The number of rotatable bonds is 7. The molecule has 3 aromatic rings. The monoisotopic (exact) mass is 546 g/mol. The molecule has 0 spiro atoms. The molecule has 0 amide bonds. The van der Waals surface area contributed by atoms with Crippen LogP contribution in [0.2, 0.25) is 9.36 Å². The summed E-state index contributed by atoms with van der Waals surface area (Å²) in [5.41, 5.74) is 1.27. The highest BCUT2D eigenvalue weighted by molar-refractivity contribution is 7.84. The normalized spacial score (nSPS) is 15.3. The first-order valence-electron chi connectivity index (χ1n) is 9.48. The van der Waals surface area contributed by atoms with E-state index >= 15 is 0 Å². The molecule has 174 valence electrons. The Morgan fingerprint density at radius 3 is 2.73 bits per heavy atom. The largest absolute Gasteiger partial charge is 0.743 e. The van der Waals surface area contributed by atoms with E-state index in [2.05, 4.69) is 0 Å². The van der Waals surface area contributed by atoms with Crippen molar-refractivity contribution >= 4 is 83.3 Å². The molecule has 0 aliphatic carbocycles. The number of fused-ring (bicyclic) bond motifs is 2. The number of carboxylic acids is 1. The van der Waals surface area contributed by atoms with E-state index in [0.717, 1.165) is 10.3 Å². The van der Waals surface area contributed by atoms with Crippen molar-refractivity contribution in [3.63, 3.8) is 0 Å². The van der Waals surface area contributed by atoms with Gasteiger partial charge in [-0.3, -0.25) is 9.69 Å². The van der Waals surface area contributed by atoms with Crippen molar-refractivity contribution in [2.45, 2.75) is 19.2 Å². The minimum Gasteiger partial charge on any atom is -0.743 e. The molecule has 0 atom stereocenters. The van der Waals surface area contributed by atoms with Crippen molar-refractivity contribution in [3.05, 3.63) is 56.2 Å². The summed E-state index contributed by atoms with van der Waals surface area (Å²) in [7, 11) is -4.55. The van der Waals surface area contributed by atoms with Gasteiger partial charge >= 0.3 is 5.97 Å². The third-order valence-corrected chi connectivity index (χ3v) is 7.98. The molecule has 0 fully saturated rings. The SMILES string of the molecule is CCC(=C/c1sc2cc(Cl)sc2[n+]1CS(=O)(=O)[O-])/C=C1/Oc2ccc(Cl)cc2N1CC(=O)O. The van der Waals surface area contributed by atoms with Crippen LogP contribution in [0.3, 0.4) is 0 Å². The van der Waals surface area contributed by atoms with Gasteiger partial charge in [-0.2, -0.15) is 4.57 Å². The van der Waals surface area contributed by atoms with Crippen LogP contribution in [0.1, 0.15) is 18.4 Å². The second kappa shape index (κ2) is 9.24. The van der Waals surface area contributed by atoms with Crippen LogP contribution < -0.4 is 14.2 Å². The van der Waals surface area contributed by atoms with Crippen molar-refractivity contribution in [1.82, 2.24) is 0 Å². The standard InChI is InChI=1S/C20H16Cl2N2O6S3/c1-2-11(5-17-23(9-19(25)26)13-7-12(21)3-4-14(13)30-17)6-18-24(10-33(27,28)29)20-15(31-18)8-16(22)32-20/h3-8H,2,9-10H2,1H3,(H-,25,26,27,28,29). The Balaban J connectivity index is 1.78. The topological polar surface area (TPSA) is 111 Å². The summed E-state index contributed by atoms with van der Waals surface area (Å²) in [5, 5.41) is 10.4. The van der Waals surface area contributed by atoms with E-state index in [1.807, 2.05) is 6.92 Å². The fraction of sp³-hybridized carbons (Fsp3) is 0.200. The maximum Gasteiger partial charge on any atom is 0.323 e. The number of thiazole rings is 1. The Bertz CT molecular complexity index is 1420. The third kappa shape index (κ3) is 5.34. The molecule has 1 aromatic carbocycles. The summed E-state index contributed by atoms with van der Waals surface area (Å²) in [6.45, 7) is 1.56. The average Bonchev–Trinajstić information content (AvgIpc) is 3.32. The van der Waals surface area contributed by atoms with Gasteiger partial charge in [-0.25, -0.2) is 8.42 Å². The zero-order chi connectivity index (χ0) is 23.9. The number of anilines is 1. The van der Waals surface area contributed by atoms with Gasteiger partial charge in [0.05, 0.1) is 5.69 Å². The van der Waals surface area contributed by atoms with Crippen LogP contribution in [-0.4, -0.2) is 30.6 Å². The van der Waals surface area contributed by atoms with Gasteiger partial charge in [0.15, 0.2) is 15.9 Å². The lowest BCUT2D eigenvalue weighted by atomic mass is 10.2. The van der Waals surface area contributed by atoms with E-state index in [0.29, 0.717) is 42.9 Å². The van der Waals surface area contributed by atoms with Gasteiger partial charge in [-0.15, -0.1) is 0 Å². The highest BCUT2D eigenvalue weighted by atomic mass is 35.5. The Morgan fingerprint density at radius 1 is 1.30 bits per heavy atom. The Kier molecular flexibility index (Phi) is 6.72. The van der Waals surface area contributed by atoms with Crippen molar-refractivity contribution in [1.29, 1.82) is 0 Å². The zero-order valence-electron chi connectivity index (χ0n) is 16.9. The number of carbonyl (C=O) groups is 1. The van der Waals surface area contributed by atoms with Crippen LogP contribution in [0, 0.1) is 0 Å². The van der Waals surface area contributed by atoms with Crippen molar-refractivity contribution in [2.24, 2.45) is 0 Å². The molecule has 1 aliphatic rings. The lowest BCUT2D eigenvalue weighted by molar-refractivity contribution is -0.647. The summed E-state index contributed by atoms with van der Waals surface area (Å²) in [4.78, 5) is 13.5. The Hall–Kier alpha value is -2.15. The molecule has 4 rings (SSSR count). The van der Waals surface area contributed by atoms with Crippen LogP contribution >= 0.6 is 45.9 Å². The maximum atomic E-state index is 11.5. The maximum absolute atomic E-state index is 11.5. The molecule has 0 unspecified atom stereocenters. The molecule has 0 saturated heterocycles. The molecule has 1 N–H and O–H groups in total. The van der Waals surface area contributed by atoms with Crippen LogP contribution in [0.5, 0.6) is 5.75 Å². The number of hydrogen-bond acceptors (Lipinski definition) is 8. The van der Waals surface area contributed by atoms with Gasteiger partial charge in [0, 0.05) is 17.2 Å². The first-order valence-corrected chi connectivity index (χ1v) is 13.4. The fourth-order valence-corrected chi connectivity index (χ4v) is 6.86. The fourth-order valence-electron chi connectivity index (χ4n) is 3.30. The smallest absolute Gasteiger partial charge is 0.323 e. The number of ether oxygens (including phenoxy) is 1. The van der Waals surface area contributed by atoms with Gasteiger partial charge in [0.2, 0.25) is 11.8 Å². The molecule has 0 radical (unpaired) electrons. The summed E-state index contributed by atoms with van der Waals surface area (Å²) >= 11 is 14.6. The van der Waals surface area contributed by atoms with E-state index in [4.69, 9.17) is 27.9 Å². The molecular weight excluding hydrogens is 531 g/mol. The van der Waals surface area contributed by atoms with Gasteiger partial charge in [0.1, 0.15) is 15.6 Å². The molecule has 8 nitrogen and oxygen atoms in total. The van der Waals surface area contributed by atoms with Gasteiger partial charge in [-0.1, -0.05) is 52.8 Å². The number of thiophene rings is 1.